The number of carbonyl (C=O) groups excluding carboxylic acids is 3. The molecule has 0 saturated carbocycles. The molecule has 2 amide bonds. The number of halogens is 2. The van der Waals surface area contributed by atoms with Gasteiger partial charge in [-0.2, -0.15) is 10.2 Å². The maximum atomic E-state index is 11.9. The standard InChI is InChI=1S/C16H27BrN4O2.C9H20N2O2.C7H7BrN2O.CH4/c1-16(2,3)23-15(22)20(5)10-9-19(4)11-12-14(17)13-7-6-8-21(13)18-12;1-9(2,3)13-8(12)11(5)7-6-10-4;8-7-5(4-11)9-10-3-1-2-6(7)10;/h6-11H2,1-5H3;10H,6-7H2,1-5H3;4H,1-3H2;1H4. The van der Waals surface area contributed by atoms with Gasteiger partial charge in [-0.25, -0.2) is 9.59 Å². The van der Waals surface area contributed by atoms with Gasteiger partial charge in [-0.05, 0) is 113 Å². The van der Waals surface area contributed by atoms with Crippen LogP contribution in [0.5, 0.6) is 0 Å². The van der Waals surface area contributed by atoms with E-state index in [1.54, 1.807) is 23.9 Å². The Kier molecular flexibility index (Phi) is 17.8. The summed E-state index contributed by atoms with van der Waals surface area (Å²) in [5.41, 5.74) is 3.19. The van der Waals surface area contributed by atoms with Gasteiger partial charge in [-0.15, -0.1) is 0 Å². The monoisotopic (exact) mass is 804 g/mol. The van der Waals surface area contributed by atoms with E-state index >= 15 is 0 Å². The third kappa shape index (κ3) is 14.2. The number of ether oxygens (including phenoxy) is 2. The van der Waals surface area contributed by atoms with Crippen molar-refractivity contribution in [3.63, 3.8) is 0 Å². The van der Waals surface area contributed by atoms with E-state index in [1.165, 1.54) is 12.1 Å². The Morgan fingerprint density at radius 3 is 1.75 bits per heavy atom. The topological polar surface area (TPSA) is 127 Å². The van der Waals surface area contributed by atoms with E-state index in [4.69, 9.17) is 9.47 Å². The van der Waals surface area contributed by atoms with E-state index in [0.717, 1.165) is 78.6 Å². The first-order chi connectivity index (χ1) is 21.9. The first-order valence-corrected chi connectivity index (χ1v) is 17.6. The van der Waals surface area contributed by atoms with Crippen molar-refractivity contribution in [3.8, 4) is 0 Å². The molecule has 2 aromatic heterocycles. The van der Waals surface area contributed by atoms with Crippen LogP contribution in [0.15, 0.2) is 8.95 Å². The van der Waals surface area contributed by atoms with Gasteiger partial charge in [0.15, 0.2) is 6.29 Å². The highest BCUT2D eigenvalue weighted by Gasteiger charge is 2.23. The van der Waals surface area contributed by atoms with Crippen LogP contribution >= 0.6 is 31.9 Å². The number of rotatable bonds is 9. The maximum absolute atomic E-state index is 11.9. The third-order valence-corrected chi connectivity index (χ3v) is 8.88. The van der Waals surface area contributed by atoms with E-state index in [9.17, 15) is 14.4 Å². The van der Waals surface area contributed by atoms with Crippen LogP contribution in [-0.4, -0.2) is 118 Å². The Bertz CT molecular complexity index is 1330. The van der Waals surface area contributed by atoms with Crippen LogP contribution in [0.4, 0.5) is 9.59 Å². The lowest BCUT2D eigenvalue weighted by Crippen LogP contribution is -2.38. The first-order valence-electron chi connectivity index (χ1n) is 16.0. The molecule has 0 bridgehead atoms. The Labute approximate surface area is 304 Å². The van der Waals surface area contributed by atoms with Crippen molar-refractivity contribution in [2.24, 2.45) is 0 Å². The zero-order valence-corrected chi connectivity index (χ0v) is 33.0. The lowest BCUT2D eigenvalue weighted by atomic mass is 10.2. The molecule has 0 atom stereocenters. The van der Waals surface area contributed by atoms with Crippen LogP contribution in [-0.2, 0) is 41.9 Å². The molecule has 2 aromatic rings. The number of hydrogen-bond acceptors (Lipinski definition) is 9. The van der Waals surface area contributed by atoms with Crippen molar-refractivity contribution in [1.82, 2.24) is 39.6 Å². The summed E-state index contributed by atoms with van der Waals surface area (Å²) in [6.45, 7) is 16.7. The summed E-state index contributed by atoms with van der Waals surface area (Å²) in [5, 5.41) is 11.7. The fourth-order valence-corrected chi connectivity index (χ4v) is 5.82. The fraction of sp³-hybridized carbons (Fsp3) is 0.727. The number of aldehydes is 1. The molecule has 4 rings (SSSR count). The molecule has 4 heterocycles. The predicted molar refractivity (Wildman–Crippen MR) is 197 cm³/mol. The summed E-state index contributed by atoms with van der Waals surface area (Å²) in [7, 11) is 7.39. The molecule has 15 heteroatoms. The number of fused-ring (bicyclic) bond motifs is 2. The Hall–Kier alpha value is -2.49. The molecule has 0 unspecified atom stereocenters. The van der Waals surface area contributed by atoms with Crippen LogP contribution in [0.25, 0.3) is 0 Å². The fourth-order valence-electron chi connectivity index (χ4n) is 4.64. The zero-order chi connectivity index (χ0) is 35.5. The minimum absolute atomic E-state index is 0. The molecular weight excluding hydrogens is 748 g/mol. The number of aromatic nitrogens is 4. The van der Waals surface area contributed by atoms with Crippen molar-refractivity contribution in [2.75, 3.05) is 54.4 Å². The Morgan fingerprint density at radius 1 is 0.833 bits per heavy atom. The molecular formula is C33H58Br2N8O5. The van der Waals surface area contributed by atoms with Crippen LogP contribution in [0, 0.1) is 0 Å². The van der Waals surface area contributed by atoms with Crippen LogP contribution in [0.1, 0.15) is 89.4 Å². The number of likely N-dealkylation sites (N-methyl/N-ethyl adjacent to an activating group) is 4. The molecule has 0 spiro atoms. The number of aryl methyl sites for hydroxylation is 2. The number of amides is 2. The molecule has 1 N–H and O–H groups in total. The number of carbonyl (C=O) groups is 3. The maximum Gasteiger partial charge on any atom is 0.410 e. The minimum atomic E-state index is -0.459. The Morgan fingerprint density at radius 2 is 1.31 bits per heavy atom. The summed E-state index contributed by atoms with van der Waals surface area (Å²) in [6, 6.07) is 0. The van der Waals surface area contributed by atoms with Gasteiger partial charge in [0.2, 0.25) is 0 Å². The van der Waals surface area contributed by atoms with Crippen molar-refractivity contribution in [2.45, 2.75) is 105 Å². The summed E-state index contributed by atoms with van der Waals surface area (Å²) in [5.74, 6) is 0. The normalized spacial score (nSPS) is 13.3. The number of hydrogen-bond donors (Lipinski definition) is 1. The smallest absolute Gasteiger partial charge is 0.410 e. The highest BCUT2D eigenvalue weighted by molar-refractivity contribution is 9.11. The summed E-state index contributed by atoms with van der Waals surface area (Å²) in [6.07, 6.45) is 4.67. The molecule has 0 fully saturated rings. The van der Waals surface area contributed by atoms with Gasteiger partial charge in [-0.3, -0.25) is 19.1 Å². The molecule has 274 valence electrons. The second kappa shape index (κ2) is 19.6. The van der Waals surface area contributed by atoms with E-state index in [-0.39, 0.29) is 19.6 Å². The second-order valence-electron chi connectivity index (χ2n) is 13.8. The van der Waals surface area contributed by atoms with Gasteiger partial charge >= 0.3 is 12.2 Å². The SMILES string of the molecule is C.CN(CCN(C)C(=O)OC(C)(C)C)Cc1nn2c(c1Br)CCC2.CNCCN(C)C(=O)OC(C)(C)C.O=Cc1nn2c(c1Br)CCC2. The highest BCUT2D eigenvalue weighted by atomic mass is 79.9. The Balaban J connectivity index is 0.000000391. The molecule has 2 aliphatic rings. The quantitative estimate of drug-likeness (QED) is 0.304. The van der Waals surface area contributed by atoms with Crippen molar-refractivity contribution in [3.05, 3.63) is 31.7 Å². The zero-order valence-electron chi connectivity index (χ0n) is 29.8. The van der Waals surface area contributed by atoms with E-state index < -0.39 is 11.2 Å². The van der Waals surface area contributed by atoms with Gasteiger partial charge in [0.1, 0.15) is 16.9 Å². The second-order valence-corrected chi connectivity index (χ2v) is 15.4. The minimum Gasteiger partial charge on any atom is -0.444 e. The van der Waals surface area contributed by atoms with Gasteiger partial charge in [-0.1, -0.05) is 7.43 Å². The van der Waals surface area contributed by atoms with Gasteiger partial charge in [0.25, 0.3) is 0 Å². The van der Waals surface area contributed by atoms with E-state index in [1.807, 2.05) is 60.3 Å². The summed E-state index contributed by atoms with van der Waals surface area (Å²) < 4.78 is 16.5. The lowest BCUT2D eigenvalue weighted by Gasteiger charge is -2.26. The number of nitrogens with one attached hydrogen (secondary N) is 1. The van der Waals surface area contributed by atoms with Crippen molar-refractivity contribution < 1.29 is 23.9 Å². The molecule has 0 saturated heterocycles. The molecule has 13 nitrogen and oxygen atoms in total. The van der Waals surface area contributed by atoms with Gasteiger partial charge in [0, 0.05) is 59.9 Å². The van der Waals surface area contributed by atoms with Crippen molar-refractivity contribution >= 4 is 50.3 Å². The summed E-state index contributed by atoms with van der Waals surface area (Å²) >= 11 is 7.02. The molecule has 2 aliphatic heterocycles. The van der Waals surface area contributed by atoms with Gasteiger partial charge in [0.05, 0.1) is 26.0 Å². The molecule has 0 aromatic carbocycles. The average Bonchev–Trinajstić information content (AvgIpc) is 3.74. The third-order valence-electron chi connectivity index (χ3n) is 7.10. The van der Waals surface area contributed by atoms with Gasteiger partial charge < -0.3 is 24.6 Å². The van der Waals surface area contributed by atoms with Crippen LogP contribution in [0.2, 0.25) is 0 Å². The highest BCUT2D eigenvalue weighted by Crippen LogP contribution is 2.28. The first kappa shape index (κ1) is 43.5. The van der Waals surface area contributed by atoms with Crippen LogP contribution in [0.3, 0.4) is 0 Å². The van der Waals surface area contributed by atoms with E-state index in [2.05, 4.69) is 57.0 Å². The van der Waals surface area contributed by atoms with Crippen molar-refractivity contribution in [1.29, 1.82) is 0 Å². The average molecular weight is 807 g/mol. The lowest BCUT2D eigenvalue weighted by molar-refractivity contribution is 0.0281. The summed E-state index contributed by atoms with van der Waals surface area (Å²) in [4.78, 5) is 39.1. The molecule has 0 aliphatic carbocycles. The molecule has 0 radical (unpaired) electrons. The largest absolute Gasteiger partial charge is 0.444 e. The van der Waals surface area contributed by atoms with Crippen LogP contribution < -0.4 is 5.32 Å². The van der Waals surface area contributed by atoms with E-state index in [0.29, 0.717) is 18.8 Å². The predicted octanol–water partition coefficient (Wildman–Crippen LogP) is 6.00. The molecule has 48 heavy (non-hydrogen) atoms. The number of nitrogens with zero attached hydrogens (tertiary/aromatic N) is 7.